The van der Waals surface area contributed by atoms with E-state index in [-0.39, 0.29) is 23.2 Å². The molecule has 2 heterocycles. The highest BCUT2D eigenvalue weighted by molar-refractivity contribution is 7.99. The van der Waals surface area contributed by atoms with E-state index < -0.39 is 4.92 Å². The fourth-order valence-corrected chi connectivity index (χ4v) is 3.22. The Labute approximate surface area is 127 Å². The van der Waals surface area contributed by atoms with Crippen molar-refractivity contribution in [3.05, 3.63) is 27.9 Å². The van der Waals surface area contributed by atoms with E-state index in [4.69, 9.17) is 0 Å². The lowest BCUT2D eigenvalue weighted by Gasteiger charge is -2.33. The highest BCUT2D eigenvalue weighted by Crippen LogP contribution is 2.24. The van der Waals surface area contributed by atoms with E-state index in [2.05, 4.69) is 10.3 Å². The summed E-state index contributed by atoms with van der Waals surface area (Å²) in [6.45, 7) is 5.12. The maximum Gasteiger partial charge on any atom is 0.288 e. The third-order valence-corrected chi connectivity index (χ3v) is 4.48. The first kappa shape index (κ1) is 15.6. The maximum atomic E-state index is 12.7. The van der Waals surface area contributed by atoms with Gasteiger partial charge in [0.15, 0.2) is 0 Å². The molecule has 8 heteroatoms. The van der Waals surface area contributed by atoms with Crippen molar-refractivity contribution < 1.29 is 9.72 Å². The van der Waals surface area contributed by atoms with E-state index in [0.717, 1.165) is 11.5 Å². The Kier molecular flexibility index (Phi) is 5.00. The smallest absolute Gasteiger partial charge is 0.288 e. The SMILES string of the molecule is CCNc1ncc([N+](=O)[O-])cc1C(=O)N1CCSCC1C. The second kappa shape index (κ2) is 6.75. The van der Waals surface area contributed by atoms with Crippen molar-refractivity contribution in [1.29, 1.82) is 0 Å². The van der Waals surface area contributed by atoms with E-state index in [1.807, 2.05) is 25.6 Å². The molecule has 0 aromatic carbocycles. The molecular weight excluding hydrogens is 292 g/mol. The molecule has 1 atom stereocenters. The van der Waals surface area contributed by atoms with Gasteiger partial charge in [0.1, 0.15) is 12.0 Å². The Balaban J connectivity index is 2.36. The third-order valence-electron chi connectivity index (χ3n) is 3.29. The maximum absolute atomic E-state index is 12.7. The lowest BCUT2D eigenvalue weighted by atomic mass is 10.1. The summed E-state index contributed by atoms with van der Waals surface area (Å²) in [7, 11) is 0. The van der Waals surface area contributed by atoms with E-state index in [9.17, 15) is 14.9 Å². The number of rotatable bonds is 4. The van der Waals surface area contributed by atoms with Crippen LogP contribution in [0.1, 0.15) is 24.2 Å². The van der Waals surface area contributed by atoms with Gasteiger partial charge >= 0.3 is 0 Å². The van der Waals surface area contributed by atoms with E-state index in [1.165, 1.54) is 12.3 Å². The lowest BCUT2D eigenvalue weighted by molar-refractivity contribution is -0.385. The zero-order valence-corrected chi connectivity index (χ0v) is 12.9. The van der Waals surface area contributed by atoms with Crippen LogP contribution in [0.5, 0.6) is 0 Å². The first-order chi connectivity index (χ1) is 10.0. The van der Waals surface area contributed by atoms with Crippen molar-refractivity contribution in [2.75, 3.05) is 29.9 Å². The number of nitrogens with one attached hydrogen (secondary N) is 1. The van der Waals surface area contributed by atoms with Gasteiger partial charge in [-0.05, 0) is 13.8 Å². The van der Waals surface area contributed by atoms with Gasteiger partial charge in [0.2, 0.25) is 0 Å². The number of thioether (sulfide) groups is 1. The van der Waals surface area contributed by atoms with Gasteiger partial charge in [-0.15, -0.1) is 0 Å². The molecule has 114 valence electrons. The minimum atomic E-state index is -0.533. The van der Waals surface area contributed by atoms with Crippen molar-refractivity contribution >= 4 is 29.2 Å². The van der Waals surface area contributed by atoms with Crippen LogP contribution >= 0.6 is 11.8 Å². The van der Waals surface area contributed by atoms with Crippen LogP contribution in [-0.4, -0.2) is 51.4 Å². The van der Waals surface area contributed by atoms with Gasteiger partial charge in [-0.3, -0.25) is 14.9 Å². The second-order valence-corrected chi connectivity index (χ2v) is 5.95. The van der Waals surface area contributed by atoms with Gasteiger partial charge in [-0.1, -0.05) is 0 Å². The summed E-state index contributed by atoms with van der Waals surface area (Å²) in [6, 6.07) is 1.42. The summed E-state index contributed by atoms with van der Waals surface area (Å²) in [5, 5.41) is 13.9. The Bertz CT molecular complexity index is 552. The molecule has 1 amide bonds. The molecule has 0 radical (unpaired) electrons. The lowest BCUT2D eigenvalue weighted by Crippen LogP contribution is -2.44. The topological polar surface area (TPSA) is 88.4 Å². The molecule has 1 aromatic heterocycles. The summed E-state index contributed by atoms with van der Waals surface area (Å²) >= 11 is 1.81. The number of aromatic nitrogens is 1. The highest BCUT2D eigenvalue weighted by Gasteiger charge is 2.28. The van der Waals surface area contributed by atoms with Gasteiger partial charge < -0.3 is 10.2 Å². The van der Waals surface area contributed by atoms with Gasteiger partial charge in [0, 0.05) is 36.7 Å². The zero-order chi connectivity index (χ0) is 15.4. The Morgan fingerprint density at radius 1 is 1.67 bits per heavy atom. The summed E-state index contributed by atoms with van der Waals surface area (Å²) in [4.78, 5) is 28.9. The van der Waals surface area contributed by atoms with Crippen LogP contribution in [0.4, 0.5) is 11.5 Å². The van der Waals surface area contributed by atoms with Gasteiger partial charge in [-0.25, -0.2) is 4.98 Å². The highest BCUT2D eigenvalue weighted by atomic mass is 32.2. The van der Waals surface area contributed by atoms with Crippen molar-refractivity contribution in [3.8, 4) is 0 Å². The number of nitro groups is 1. The number of carbonyl (C=O) groups excluding carboxylic acids is 1. The molecule has 1 unspecified atom stereocenters. The quantitative estimate of drug-likeness (QED) is 0.676. The predicted molar refractivity (Wildman–Crippen MR) is 82.9 cm³/mol. The molecule has 21 heavy (non-hydrogen) atoms. The molecule has 1 aliphatic heterocycles. The molecule has 1 aromatic rings. The van der Waals surface area contributed by atoms with Crippen molar-refractivity contribution in [2.45, 2.75) is 19.9 Å². The molecule has 0 aliphatic carbocycles. The number of amides is 1. The van der Waals surface area contributed by atoms with E-state index in [0.29, 0.717) is 18.9 Å². The van der Waals surface area contributed by atoms with E-state index >= 15 is 0 Å². The minimum absolute atomic E-state index is 0.116. The summed E-state index contributed by atoms with van der Waals surface area (Å²) in [5.74, 6) is 1.97. The van der Waals surface area contributed by atoms with Crippen LogP contribution in [0, 0.1) is 10.1 Å². The van der Waals surface area contributed by atoms with Crippen LogP contribution in [0.15, 0.2) is 12.3 Å². The standard InChI is InChI=1S/C13H18N4O3S/c1-3-14-12-11(6-10(7-15-12)17(19)20)13(18)16-4-5-21-8-9(16)2/h6-7,9H,3-5,8H2,1-2H3,(H,14,15). The summed E-state index contributed by atoms with van der Waals surface area (Å²) < 4.78 is 0. The fraction of sp³-hybridized carbons (Fsp3) is 0.538. The zero-order valence-electron chi connectivity index (χ0n) is 12.0. The summed E-state index contributed by atoms with van der Waals surface area (Å²) in [6.07, 6.45) is 1.17. The van der Waals surface area contributed by atoms with E-state index in [1.54, 1.807) is 4.90 Å². The largest absolute Gasteiger partial charge is 0.370 e. The number of anilines is 1. The Morgan fingerprint density at radius 3 is 3.05 bits per heavy atom. The third kappa shape index (κ3) is 3.44. The molecule has 1 N–H and O–H groups in total. The average molecular weight is 310 g/mol. The first-order valence-electron chi connectivity index (χ1n) is 6.81. The van der Waals surface area contributed by atoms with Crippen LogP contribution < -0.4 is 5.32 Å². The molecule has 0 spiro atoms. The molecule has 7 nitrogen and oxygen atoms in total. The Hall–Kier alpha value is -1.83. The molecule has 1 fully saturated rings. The van der Waals surface area contributed by atoms with Crippen LogP contribution in [0.3, 0.4) is 0 Å². The molecule has 0 saturated carbocycles. The number of hydrogen-bond acceptors (Lipinski definition) is 6. The number of pyridine rings is 1. The fourth-order valence-electron chi connectivity index (χ4n) is 2.21. The van der Waals surface area contributed by atoms with Crippen molar-refractivity contribution in [2.24, 2.45) is 0 Å². The molecule has 2 rings (SSSR count). The minimum Gasteiger partial charge on any atom is -0.370 e. The van der Waals surface area contributed by atoms with Gasteiger partial charge in [0.25, 0.3) is 11.6 Å². The number of hydrogen-bond donors (Lipinski definition) is 1. The molecule has 0 bridgehead atoms. The monoisotopic (exact) mass is 310 g/mol. The molecule has 1 aliphatic rings. The number of carbonyl (C=O) groups is 1. The molecule has 1 saturated heterocycles. The van der Waals surface area contributed by atoms with Gasteiger partial charge in [0.05, 0.1) is 10.5 Å². The Morgan fingerprint density at radius 2 is 2.43 bits per heavy atom. The molecular formula is C13H18N4O3S. The van der Waals surface area contributed by atoms with Crippen molar-refractivity contribution in [3.63, 3.8) is 0 Å². The first-order valence-corrected chi connectivity index (χ1v) is 7.97. The summed E-state index contributed by atoms with van der Waals surface area (Å²) in [5.41, 5.74) is 0.101. The second-order valence-electron chi connectivity index (χ2n) is 4.80. The normalized spacial score (nSPS) is 18.4. The predicted octanol–water partition coefficient (Wildman–Crippen LogP) is 2.00. The van der Waals surface area contributed by atoms with Gasteiger partial charge in [-0.2, -0.15) is 11.8 Å². The number of nitrogens with zero attached hydrogens (tertiary/aromatic N) is 3. The van der Waals surface area contributed by atoms with Crippen LogP contribution in [-0.2, 0) is 0 Å². The average Bonchev–Trinajstić information content (AvgIpc) is 2.47. The van der Waals surface area contributed by atoms with Crippen LogP contribution in [0.25, 0.3) is 0 Å². The van der Waals surface area contributed by atoms with Crippen LogP contribution in [0.2, 0.25) is 0 Å². The van der Waals surface area contributed by atoms with Crippen molar-refractivity contribution in [1.82, 2.24) is 9.88 Å².